The Hall–Kier alpha value is -2.82. The first kappa shape index (κ1) is 15.7. The van der Waals surface area contributed by atoms with Crippen LogP contribution in [0.15, 0.2) is 52.9 Å². The summed E-state index contributed by atoms with van der Waals surface area (Å²) < 4.78 is 19.7. The molecule has 5 heteroatoms. The van der Waals surface area contributed by atoms with Crippen LogP contribution in [0.5, 0.6) is 0 Å². The van der Waals surface area contributed by atoms with Crippen molar-refractivity contribution in [1.82, 2.24) is 4.90 Å². The van der Waals surface area contributed by atoms with Gasteiger partial charge in [-0.05, 0) is 30.7 Å². The number of amides is 1. The zero-order valence-electron chi connectivity index (χ0n) is 14.0. The minimum atomic E-state index is -0.227. The van der Waals surface area contributed by atoms with Gasteiger partial charge in [-0.2, -0.15) is 0 Å². The summed E-state index contributed by atoms with van der Waals surface area (Å²) in [6, 6.07) is 14.4. The summed E-state index contributed by atoms with van der Waals surface area (Å²) >= 11 is 0. The van der Waals surface area contributed by atoms with Gasteiger partial charge in [0, 0.05) is 31.6 Å². The van der Waals surface area contributed by atoms with E-state index in [1.807, 2.05) is 36.1 Å². The van der Waals surface area contributed by atoms with Gasteiger partial charge in [0.1, 0.15) is 11.4 Å². The second-order valence-corrected chi connectivity index (χ2v) is 6.33. The Balaban J connectivity index is 1.49. The molecule has 0 saturated carbocycles. The van der Waals surface area contributed by atoms with Crippen LogP contribution in [0.1, 0.15) is 16.1 Å². The molecule has 0 aliphatic carbocycles. The number of aryl methyl sites for hydroxylation is 1. The van der Waals surface area contributed by atoms with Crippen LogP contribution in [0.4, 0.5) is 10.1 Å². The Morgan fingerprint density at radius 2 is 1.80 bits per heavy atom. The van der Waals surface area contributed by atoms with Crippen molar-refractivity contribution in [3.8, 4) is 0 Å². The smallest absolute Gasteiger partial charge is 0.289 e. The molecule has 1 aliphatic heterocycles. The fourth-order valence-electron chi connectivity index (χ4n) is 3.33. The van der Waals surface area contributed by atoms with Crippen LogP contribution in [0.3, 0.4) is 0 Å². The van der Waals surface area contributed by atoms with Gasteiger partial charge in [0.25, 0.3) is 5.91 Å². The van der Waals surface area contributed by atoms with Crippen molar-refractivity contribution in [2.75, 3.05) is 31.1 Å². The Bertz CT molecular complexity index is 926. The first-order valence-corrected chi connectivity index (χ1v) is 8.41. The lowest BCUT2D eigenvalue weighted by Gasteiger charge is -2.35. The Labute approximate surface area is 145 Å². The van der Waals surface area contributed by atoms with Crippen LogP contribution < -0.4 is 4.90 Å². The quantitative estimate of drug-likeness (QED) is 0.712. The number of carbonyl (C=O) groups excluding carboxylic acids is 1. The predicted octanol–water partition coefficient (Wildman–Crippen LogP) is 3.84. The number of piperazine rings is 1. The Kier molecular flexibility index (Phi) is 3.92. The number of carbonyl (C=O) groups is 1. The number of rotatable bonds is 2. The van der Waals surface area contributed by atoms with Crippen molar-refractivity contribution in [2.45, 2.75) is 6.92 Å². The van der Waals surface area contributed by atoms with E-state index in [1.54, 1.807) is 23.1 Å². The lowest BCUT2D eigenvalue weighted by molar-refractivity contribution is 0.0717. The van der Waals surface area contributed by atoms with Gasteiger partial charge in [-0.1, -0.05) is 30.3 Å². The van der Waals surface area contributed by atoms with E-state index in [2.05, 4.69) is 0 Å². The third kappa shape index (κ3) is 2.86. The number of para-hydroxylation sites is 2. The summed E-state index contributed by atoms with van der Waals surface area (Å²) in [4.78, 5) is 16.5. The number of hydrogen-bond acceptors (Lipinski definition) is 3. The molecule has 4 nitrogen and oxygen atoms in total. The summed E-state index contributed by atoms with van der Waals surface area (Å²) in [5, 5.41) is 0.938. The van der Waals surface area contributed by atoms with Crippen LogP contribution in [0.2, 0.25) is 0 Å². The maximum Gasteiger partial charge on any atom is 0.289 e. The molecule has 25 heavy (non-hydrogen) atoms. The standard InChI is InChI=1S/C20H19FN2O2/c1-14-5-4-6-15-13-18(25-19(14)15)20(24)23-11-9-22(10-12-23)17-8-3-2-7-16(17)21/h2-8,13H,9-12H2,1H3. The second kappa shape index (κ2) is 6.24. The summed E-state index contributed by atoms with van der Waals surface area (Å²) in [5.74, 6) is 0.0301. The first-order chi connectivity index (χ1) is 12.1. The monoisotopic (exact) mass is 338 g/mol. The molecule has 0 bridgehead atoms. The molecule has 2 aromatic carbocycles. The molecule has 0 spiro atoms. The summed E-state index contributed by atoms with van der Waals surface area (Å²) in [6.07, 6.45) is 0. The maximum absolute atomic E-state index is 13.9. The second-order valence-electron chi connectivity index (χ2n) is 6.33. The molecule has 1 aliphatic rings. The SMILES string of the molecule is Cc1cccc2cc(C(=O)N3CCN(c4ccccc4F)CC3)oc12. The highest BCUT2D eigenvalue weighted by Crippen LogP contribution is 2.25. The first-order valence-electron chi connectivity index (χ1n) is 8.41. The molecule has 0 atom stereocenters. The third-order valence-corrected chi connectivity index (χ3v) is 4.71. The average Bonchev–Trinajstić information content (AvgIpc) is 3.07. The lowest BCUT2D eigenvalue weighted by Crippen LogP contribution is -2.49. The fraction of sp³-hybridized carbons (Fsp3) is 0.250. The molecule has 1 saturated heterocycles. The number of hydrogen-bond donors (Lipinski definition) is 0. The highest BCUT2D eigenvalue weighted by atomic mass is 19.1. The van der Waals surface area contributed by atoms with Crippen LogP contribution in [0, 0.1) is 12.7 Å². The molecule has 4 rings (SSSR count). The number of halogens is 1. The molecule has 128 valence electrons. The molecular weight excluding hydrogens is 319 g/mol. The Morgan fingerprint density at radius 3 is 2.52 bits per heavy atom. The van der Waals surface area contributed by atoms with E-state index in [4.69, 9.17) is 4.42 Å². The number of fused-ring (bicyclic) bond motifs is 1. The van der Waals surface area contributed by atoms with Gasteiger partial charge in [-0.25, -0.2) is 4.39 Å². The molecule has 1 fully saturated rings. The van der Waals surface area contributed by atoms with Crippen LogP contribution >= 0.6 is 0 Å². The van der Waals surface area contributed by atoms with E-state index in [1.165, 1.54) is 6.07 Å². The summed E-state index contributed by atoms with van der Waals surface area (Å²) in [7, 11) is 0. The minimum Gasteiger partial charge on any atom is -0.451 e. The summed E-state index contributed by atoms with van der Waals surface area (Å²) in [5.41, 5.74) is 2.37. The van der Waals surface area contributed by atoms with E-state index >= 15 is 0 Å². The highest BCUT2D eigenvalue weighted by molar-refractivity contribution is 5.96. The normalized spacial score (nSPS) is 15.0. The van der Waals surface area contributed by atoms with Crippen molar-refractivity contribution in [3.05, 3.63) is 65.7 Å². The van der Waals surface area contributed by atoms with Crippen molar-refractivity contribution >= 4 is 22.6 Å². The van der Waals surface area contributed by atoms with Crippen molar-refractivity contribution in [1.29, 1.82) is 0 Å². The Morgan fingerprint density at radius 1 is 1.04 bits per heavy atom. The molecule has 1 aromatic heterocycles. The number of furan rings is 1. The van der Waals surface area contributed by atoms with Crippen molar-refractivity contribution in [3.63, 3.8) is 0 Å². The van der Waals surface area contributed by atoms with Crippen LogP contribution in [0.25, 0.3) is 11.0 Å². The van der Waals surface area contributed by atoms with E-state index in [9.17, 15) is 9.18 Å². The molecule has 2 heterocycles. The number of benzene rings is 2. The van der Waals surface area contributed by atoms with Gasteiger partial charge >= 0.3 is 0 Å². The zero-order chi connectivity index (χ0) is 17.4. The molecule has 1 amide bonds. The highest BCUT2D eigenvalue weighted by Gasteiger charge is 2.25. The van der Waals surface area contributed by atoms with E-state index < -0.39 is 0 Å². The van der Waals surface area contributed by atoms with E-state index in [0.29, 0.717) is 37.6 Å². The number of anilines is 1. The van der Waals surface area contributed by atoms with Crippen molar-refractivity contribution in [2.24, 2.45) is 0 Å². The lowest BCUT2D eigenvalue weighted by atomic mass is 10.2. The van der Waals surface area contributed by atoms with Gasteiger partial charge in [0.2, 0.25) is 0 Å². The third-order valence-electron chi connectivity index (χ3n) is 4.71. The average molecular weight is 338 g/mol. The van der Waals surface area contributed by atoms with Crippen LogP contribution in [-0.2, 0) is 0 Å². The molecular formula is C20H19FN2O2. The predicted molar refractivity (Wildman–Crippen MR) is 95.5 cm³/mol. The molecule has 0 radical (unpaired) electrons. The number of nitrogens with zero attached hydrogens (tertiary/aromatic N) is 2. The van der Waals surface area contributed by atoms with Crippen LogP contribution in [-0.4, -0.2) is 37.0 Å². The van der Waals surface area contributed by atoms with Gasteiger partial charge in [-0.3, -0.25) is 4.79 Å². The van der Waals surface area contributed by atoms with Crippen molar-refractivity contribution < 1.29 is 13.6 Å². The zero-order valence-corrected chi connectivity index (χ0v) is 14.0. The maximum atomic E-state index is 13.9. The van der Waals surface area contributed by atoms with Gasteiger partial charge in [-0.15, -0.1) is 0 Å². The fourth-order valence-corrected chi connectivity index (χ4v) is 3.33. The minimum absolute atomic E-state index is 0.108. The van der Waals surface area contributed by atoms with E-state index in [0.717, 1.165) is 16.5 Å². The summed E-state index contributed by atoms with van der Waals surface area (Å²) in [6.45, 7) is 4.26. The van der Waals surface area contributed by atoms with Gasteiger partial charge in [0.05, 0.1) is 5.69 Å². The van der Waals surface area contributed by atoms with Gasteiger partial charge < -0.3 is 14.2 Å². The largest absolute Gasteiger partial charge is 0.451 e. The van der Waals surface area contributed by atoms with Gasteiger partial charge in [0.15, 0.2) is 5.76 Å². The molecule has 0 N–H and O–H groups in total. The topological polar surface area (TPSA) is 36.7 Å². The van der Waals surface area contributed by atoms with E-state index in [-0.39, 0.29) is 11.7 Å². The molecule has 3 aromatic rings. The molecule has 0 unspecified atom stereocenters.